The predicted molar refractivity (Wildman–Crippen MR) is 68.9 cm³/mol. The molecule has 0 bridgehead atoms. The van der Waals surface area contributed by atoms with Crippen molar-refractivity contribution in [3.05, 3.63) is 35.1 Å². The first kappa shape index (κ1) is 14.8. The molecule has 1 aliphatic heterocycles. The van der Waals surface area contributed by atoms with E-state index in [1.54, 1.807) is 6.92 Å². The zero-order valence-corrected chi connectivity index (χ0v) is 11.3. The van der Waals surface area contributed by atoms with Crippen LogP contribution in [0.25, 0.3) is 0 Å². The van der Waals surface area contributed by atoms with E-state index < -0.39 is 28.9 Å². The van der Waals surface area contributed by atoms with Crippen LogP contribution in [0.2, 0.25) is 0 Å². The molecule has 110 valence electrons. The van der Waals surface area contributed by atoms with Crippen LogP contribution in [0.1, 0.15) is 30.1 Å². The molecule has 1 N–H and O–H groups in total. The lowest BCUT2D eigenvalue weighted by Gasteiger charge is -2.34. The third-order valence-electron chi connectivity index (χ3n) is 3.62. The second-order valence-electron chi connectivity index (χ2n) is 4.80. The highest BCUT2D eigenvalue weighted by Gasteiger charge is 2.28. The number of benzene rings is 1. The molecular formula is C14H17F3N2O. The van der Waals surface area contributed by atoms with Crippen LogP contribution in [0.15, 0.2) is 12.1 Å². The molecule has 20 heavy (non-hydrogen) atoms. The van der Waals surface area contributed by atoms with Crippen molar-refractivity contribution < 1.29 is 18.0 Å². The summed E-state index contributed by atoms with van der Waals surface area (Å²) in [6.07, 6.45) is 1.54. The summed E-state index contributed by atoms with van der Waals surface area (Å²) < 4.78 is 39.8. The number of hydrogen-bond acceptors (Lipinski definition) is 2. The van der Waals surface area contributed by atoms with Crippen LogP contribution in [-0.2, 0) is 0 Å². The van der Waals surface area contributed by atoms with Crippen LogP contribution in [0.5, 0.6) is 0 Å². The quantitative estimate of drug-likeness (QED) is 0.865. The van der Waals surface area contributed by atoms with Crippen molar-refractivity contribution in [2.45, 2.75) is 25.8 Å². The molecule has 0 aromatic heterocycles. The Balaban J connectivity index is 2.26. The molecule has 1 aliphatic rings. The Morgan fingerprint density at radius 3 is 2.50 bits per heavy atom. The smallest absolute Gasteiger partial charge is 0.257 e. The summed E-state index contributed by atoms with van der Waals surface area (Å²) in [5.41, 5.74) is -0.413. The molecule has 0 unspecified atom stereocenters. The molecular weight excluding hydrogens is 269 g/mol. The summed E-state index contributed by atoms with van der Waals surface area (Å²) in [6, 6.07) is 1.78. The lowest BCUT2D eigenvalue weighted by Crippen LogP contribution is -2.46. The number of carbonyl (C=O) groups excluding carboxylic acids is 1. The van der Waals surface area contributed by atoms with Crippen LogP contribution in [-0.4, -0.2) is 36.5 Å². The van der Waals surface area contributed by atoms with Gasteiger partial charge in [-0.2, -0.15) is 0 Å². The third kappa shape index (κ3) is 2.80. The number of amides is 1. The average molecular weight is 286 g/mol. The number of nitrogens with zero attached hydrogens (tertiary/aromatic N) is 1. The zero-order chi connectivity index (χ0) is 14.7. The first-order chi connectivity index (χ1) is 9.56. The van der Waals surface area contributed by atoms with Gasteiger partial charge in [-0.15, -0.1) is 0 Å². The van der Waals surface area contributed by atoms with Crippen LogP contribution in [0, 0.1) is 17.5 Å². The first-order valence-electron chi connectivity index (χ1n) is 6.71. The molecule has 1 saturated heterocycles. The maximum atomic E-state index is 13.7. The Labute approximate surface area is 115 Å². The second-order valence-corrected chi connectivity index (χ2v) is 4.80. The summed E-state index contributed by atoms with van der Waals surface area (Å²) in [6.45, 7) is 3.77. The fraction of sp³-hybridized carbons (Fsp3) is 0.500. The molecule has 1 heterocycles. The Bertz CT molecular complexity index is 501. The summed E-state index contributed by atoms with van der Waals surface area (Å²) in [5.74, 6) is -4.89. The molecule has 1 amide bonds. The van der Waals surface area contributed by atoms with Gasteiger partial charge in [0.15, 0.2) is 17.5 Å². The topological polar surface area (TPSA) is 32.3 Å². The molecule has 1 aromatic carbocycles. The number of halogens is 3. The fourth-order valence-electron chi connectivity index (χ4n) is 2.53. The zero-order valence-electron chi connectivity index (χ0n) is 11.3. The minimum absolute atomic E-state index is 0.00117. The van der Waals surface area contributed by atoms with Crippen molar-refractivity contribution in [2.75, 3.05) is 19.6 Å². The van der Waals surface area contributed by atoms with Crippen LogP contribution in [0.3, 0.4) is 0 Å². The van der Waals surface area contributed by atoms with Gasteiger partial charge in [-0.3, -0.25) is 4.79 Å². The minimum Gasteiger partial charge on any atom is -0.336 e. The molecule has 0 aliphatic carbocycles. The maximum Gasteiger partial charge on any atom is 0.257 e. The third-order valence-corrected chi connectivity index (χ3v) is 3.62. The standard InChI is InChI=1S/C14H17F3N2O/c1-2-19(9-5-7-18-8-6-9)14(20)10-3-4-11(15)13(17)12(10)16/h3-4,9,18H,2,5-8H2,1H3. The Morgan fingerprint density at radius 2 is 1.90 bits per heavy atom. The van der Waals surface area contributed by atoms with Gasteiger partial charge < -0.3 is 10.2 Å². The normalized spacial score (nSPS) is 16.2. The van der Waals surface area contributed by atoms with Gasteiger partial charge in [0.1, 0.15) is 0 Å². The monoisotopic (exact) mass is 286 g/mol. The molecule has 3 nitrogen and oxygen atoms in total. The number of nitrogens with one attached hydrogen (secondary N) is 1. The summed E-state index contributed by atoms with van der Waals surface area (Å²) >= 11 is 0. The molecule has 2 rings (SSSR count). The van der Waals surface area contributed by atoms with Gasteiger partial charge in [-0.05, 0) is 45.0 Å². The predicted octanol–water partition coefficient (Wildman–Crippen LogP) is 2.32. The molecule has 1 fully saturated rings. The summed E-state index contributed by atoms with van der Waals surface area (Å²) in [5, 5.41) is 3.18. The lowest BCUT2D eigenvalue weighted by molar-refractivity contribution is 0.0650. The van der Waals surface area contributed by atoms with E-state index in [4.69, 9.17) is 0 Å². The van der Waals surface area contributed by atoms with Crippen molar-refractivity contribution in [1.82, 2.24) is 10.2 Å². The highest BCUT2D eigenvalue weighted by atomic mass is 19.2. The van der Waals surface area contributed by atoms with E-state index in [1.807, 2.05) is 0 Å². The average Bonchev–Trinajstić information content (AvgIpc) is 2.47. The Kier molecular flexibility index (Phi) is 4.65. The molecule has 0 radical (unpaired) electrons. The van der Waals surface area contributed by atoms with E-state index in [0.717, 1.165) is 38.1 Å². The number of carbonyl (C=O) groups is 1. The highest BCUT2D eigenvalue weighted by Crippen LogP contribution is 2.20. The van der Waals surface area contributed by atoms with E-state index in [9.17, 15) is 18.0 Å². The van der Waals surface area contributed by atoms with Crippen molar-refractivity contribution in [2.24, 2.45) is 0 Å². The minimum atomic E-state index is -1.60. The van der Waals surface area contributed by atoms with Crippen molar-refractivity contribution in [3.63, 3.8) is 0 Å². The molecule has 0 spiro atoms. The maximum absolute atomic E-state index is 13.7. The molecule has 1 aromatic rings. The van der Waals surface area contributed by atoms with Gasteiger partial charge in [0.2, 0.25) is 0 Å². The van der Waals surface area contributed by atoms with E-state index in [1.165, 1.54) is 4.90 Å². The fourth-order valence-corrected chi connectivity index (χ4v) is 2.53. The summed E-state index contributed by atoms with van der Waals surface area (Å²) in [4.78, 5) is 13.9. The second kappa shape index (κ2) is 6.26. The van der Waals surface area contributed by atoms with Crippen molar-refractivity contribution in [3.8, 4) is 0 Å². The van der Waals surface area contributed by atoms with E-state index in [2.05, 4.69) is 5.32 Å². The number of rotatable bonds is 3. The van der Waals surface area contributed by atoms with Crippen LogP contribution < -0.4 is 5.32 Å². The van der Waals surface area contributed by atoms with Gasteiger partial charge in [0.25, 0.3) is 5.91 Å². The summed E-state index contributed by atoms with van der Waals surface area (Å²) in [7, 11) is 0. The molecule has 6 heteroatoms. The highest BCUT2D eigenvalue weighted by molar-refractivity contribution is 5.94. The first-order valence-corrected chi connectivity index (χ1v) is 6.71. The number of piperidine rings is 1. The lowest BCUT2D eigenvalue weighted by atomic mass is 10.0. The van der Waals surface area contributed by atoms with E-state index >= 15 is 0 Å². The SMILES string of the molecule is CCN(C(=O)c1ccc(F)c(F)c1F)C1CCNCC1. The van der Waals surface area contributed by atoms with Gasteiger partial charge in [-0.25, -0.2) is 13.2 Å². The molecule has 0 saturated carbocycles. The number of hydrogen-bond donors (Lipinski definition) is 1. The van der Waals surface area contributed by atoms with E-state index in [0.29, 0.717) is 6.54 Å². The van der Waals surface area contributed by atoms with Gasteiger partial charge in [0, 0.05) is 12.6 Å². The van der Waals surface area contributed by atoms with Gasteiger partial charge >= 0.3 is 0 Å². The van der Waals surface area contributed by atoms with E-state index in [-0.39, 0.29) is 6.04 Å². The van der Waals surface area contributed by atoms with Crippen molar-refractivity contribution >= 4 is 5.91 Å². The Hall–Kier alpha value is -1.56. The Morgan fingerprint density at radius 1 is 1.25 bits per heavy atom. The van der Waals surface area contributed by atoms with Crippen molar-refractivity contribution in [1.29, 1.82) is 0 Å². The largest absolute Gasteiger partial charge is 0.336 e. The van der Waals surface area contributed by atoms with Gasteiger partial charge in [0.05, 0.1) is 5.56 Å². The molecule has 0 atom stereocenters. The van der Waals surface area contributed by atoms with Crippen LogP contribution >= 0.6 is 0 Å². The van der Waals surface area contributed by atoms with Gasteiger partial charge in [-0.1, -0.05) is 0 Å². The van der Waals surface area contributed by atoms with Crippen LogP contribution in [0.4, 0.5) is 13.2 Å².